The molecular formula is C15H21ClN2O2. The van der Waals surface area contributed by atoms with Crippen LogP contribution < -0.4 is 5.32 Å². The maximum atomic E-state index is 12.2. The van der Waals surface area contributed by atoms with E-state index in [4.69, 9.17) is 11.6 Å². The summed E-state index contributed by atoms with van der Waals surface area (Å²) >= 11 is 5.96. The van der Waals surface area contributed by atoms with E-state index in [0.717, 1.165) is 12.0 Å². The van der Waals surface area contributed by atoms with E-state index in [1.54, 1.807) is 24.9 Å². The summed E-state index contributed by atoms with van der Waals surface area (Å²) in [6.45, 7) is 4.06. The topological polar surface area (TPSA) is 49.4 Å². The van der Waals surface area contributed by atoms with E-state index in [0.29, 0.717) is 18.0 Å². The smallest absolute Gasteiger partial charge is 0.242 e. The third kappa shape index (κ3) is 4.53. The van der Waals surface area contributed by atoms with Crippen molar-refractivity contribution < 1.29 is 9.59 Å². The maximum absolute atomic E-state index is 12.2. The molecule has 0 aliphatic carbocycles. The minimum atomic E-state index is -0.502. The van der Waals surface area contributed by atoms with Crippen LogP contribution in [0.5, 0.6) is 0 Å². The number of nitrogens with zero attached hydrogens (tertiary/aromatic N) is 1. The molecule has 1 rings (SSSR count). The molecule has 1 aromatic rings. The molecule has 0 aliphatic rings. The van der Waals surface area contributed by atoms with Gasteiger partial charge < -0.3 is 10.2 Å². The number of benzene rings is 1. The zero-order valence-corrected chi connectivity index (χ0v) is 12.9. The first-order valence-corrected chi connectivity index (χ1v) is 7.12. The number of nitrogens with one attached hydrogen (secondary N) is 1. The van der Waals surface area contributed by atoms with Crippen molar-refractivity contribution in [1.29, 1.82) is 0 Å². The molecule has 0 unspecified atom stereocenters. The lowest BCUT2D eigenvalue weighted by Crippen LogP contribution is -2.46. The highest BCUT2D eigenvalue weighted by molar-refractivity contribution is 6.30. The van der Waals surface area contributed by atoms with Crippen molar-refractivity contribution >= 4 is 23.4 Å². The van der Waals surface area contributed by atoms with Gasteiger partial charge in [-0.2, -0.15) is 0 Å². The number of rotatable bonds is 6. The minimum absolute atomic E-state index is 0.0245. The lowest BCUT2D eigenvalue weighted by atomic mass is 10.1. The van der Waals surface area contributed by atoms with Gasteiger partial charge in [-0.05, 0) is 31.0 Å². The molecule has 1 atom stereocenters. The van der Waals surface area contributed by atoms with Crippen molar-refractivity contribution in [1.82, 2.24) is 10.2 Å². The molecular weight excluding hydrogens is 276 g/mol. The van der Waals surface area contributed by atoms with Gasteiger partial charge in [0.1, 0.15) is 6.04 Å². The van der Waals surface area contributed by atoms with E-state index in [9.17, 15) is 9.59 Å². The second-order valence-electron chi connectivity index (χ2n) is 4.69. The number of carbonyl (C=O) groups excluding carboxylic acids is 2. The van der Waals surface area contributed by atoms with Crippen molar-refractivity contribution in [3.8, 4) is 0 Å². The lowest BCUT2D eigenvalue weighted by Gasteiger charge is -2.28. The van der Waals surface area contributed by atoms with Crippen molar-refractivity contribution in [3.63, 3.8) is 0 Å². The molecule has 110 valence electrons. The summed E-state index contributed by atoms with van der Waals surface area (Å²) in [6.07, 6.45) is 1.19. The largest absolute Gasteiger partial charge is 0.357 e. The van der Waals surface area contributed by atoms with Crippen LogP contribution >= 0.6 is 11.6 Å². The van der Waals surface area contributed by atoms with Gasteiger partial charge in [-0.3, -0.25) is 9.59 Å². The van der Waals surface area contributed by atoms with E-state index in [1.165, 1.54) is 0 Å². The number of halogens is 1. The fourth-order valence-corrected chi connectivity index (χ4v) is 2.19. The molecule has 1 aromatic carbocycles. The third-order valence-electron chi connectivity index (χ3n) is 3.12. The van der Waals surface area contributed by atoms with E-state index in [2.05, 4.69) is 5.32 Å². The first kappa shape index (κ1) is 16.5. The van der Waals surface area contributed by atoms with E-state index in [-0.39, 0.29) is 11.8 Å². The molecule has 0 fully saturated rings. The molecule has 0 saturated carbocycles. The predicted molar refractivity (Wildman–Crippen MR) is 80.4 cm³/mol. The molecule has 5 heteroatoms. The SMILES string of the molecule is CCCC(=O)N(Cc1cccc(Cl)c1)[C@@H](C)C(=O)NC. The highest BCUT2D eigenvalue weighted by atomic mass is 35.5. The van der Waals surface area contributed by atoms with Crippen molar-refractivity contribution in [2.45, 2.75) is 39.3 Å². The van der Waals surface area contributed by atoms with Gasteiger partial charge >= 0.3 is 0 Å². The van der Waals surface area contributed by atoms with Crippen LogP contribution in [0.1, 0.15) is 32.3 Å². The molecule has 0 bridgehead atoms. The van der Waals surface area contributed by atoms with Gasteiger partial charge in [0.15, 0.2) is 0 Å². The third-order valence-corrected chi connectivity index (χ3v) is 3.35. The highest BCUT2D eigenvalue weighted by Crippen LogP contribution is 2.15. The molecule has 0 radical (unpaired) electrons. The average Bonchev–Trinajstić information content (AvgIpc) is 2.43. The van der Waals surface area contributed by atoms with Crippen LogP contribution in [0.25, 0.3) is 0 Å². The quantitative estimate of drug-likeness (QED) is 0.877. The molecule has 0 aromatic heterocycles. The Bertz CT molecular complexity index is 477. The van der Waals surface area contributed by atoms with E-state index >= 15 is 0 Å². The fraction of sp³-hybridized carbons (Fsp3) is 0.467. The minimum Gasteiger partial charge on any atom is -0.357 e. The zero-order chi connectivity index (χ0) is 15.1. The summed E-state index contributed by atoms with van der Waals surface area (Å²) in [6, 6.07) is 6.83. The summed E-state index contributed by atoms with van der Waals surface area (Å²) in [5.74, 6) is -0.194. The molecule has 1 N–H and O–H groups in total. The van der Waals surface area contributed by atoms with Crippen LogP contribution in [0.15, 0.2) is 24.3 Å². The second-order valence-corrected chi connectivity index (χ2v) is 5.13. The Labute approximate surface area is 125 Å². The summed E-state index contributed by atoms with van der Waals surface area (Å²) in [5, 5.41) is 3.20. The van der Waals surface area contributed by atoms with Crippen molar-refractivity contribution in [2.75, 3.05) is 7.05 Å². The molecule has 4 nitrogen and oxygen atoms in total. The lowest BCUT2D eigenvalue weighted by molar-refractivity contribution is -0.140. The Morgan fingerprint density at radius 1 is 1.40 bits per heavy atom. The normalized spacial score (nSPS) is 11.8. The fourth-order valence-electron chi connectivity index (χ4n) is 1.98. The van der Waals surface area contributed by atoms with Gasteiger partial charge in [-0.25, -0.2) is 0 Å². The first-order chi connectivity index (χ1) is 9.49. The Balaban J connectivity index is 2.92. The Hall–Kier alpha value is -1.55. The van der Waals surface area contributed by atoms with Gasteiger partial charge in [-0.1, -0.05) is 30.7 Å². The van der Waals surface area contributed by atoms with Gasteiger partial charge in [-0.15, -0.1) is 0 Å². The zero-order valence-electron chi connectivity index (χ0n) is 12.1. The van der Waals surface area contributed by atoms with Gasteiger partial charge in [0.2, 0.25) is 11.8 Å². The summed E-state index contributed by atoms with van der Waals surface area (Å²) in [7, 11) is 1.57. The van der Waals surface area contributed by atoms with Crippen molar-refractivity contribution in [2.24, 2.45) is 0 Å². The van der Waals surface area contributed by atoms with Crippen LogP contribution in [0, 0.1) is 0 Å². The maximum Gasteiger partial charge on any atom is 0.242 e. The Kier molecular flexibility index (Phi) is 6.52. The number of hydrogen-bond acceptors (Lipinski definition) is 2. The molecule has 0 spiro atoms. The standard InChI is InChI=1S/C15H21ClN2O2/c1-4-6-14(19)18(11(2)15(20)17-3)10-12-7-5-8-13(16)9-12/h5,7-9,11H,4,6,10H2,1-3H3,(H,17,20)/t11-/m0/s1. The van der Waals surface area contributed by atoms with Crippen LogP contribution in [-0.2, 0) is 16.1 Å². The molecule has 20 heavy (non-hydrogen) atoms. The van der Waals surface area contributed by atoms with E-state index < -0.39 is 6.04 Å². The Morgan fingerprint density at radius 3 is 2.65 bits per heavy atom. The average molecular weight is 297 g/mol. The van der Waals surface area contributed by atoms with Crippen LogP contribution in [0.2, 0.25) is 5.02 Å². The summed E-state index contributed by atoms with van der Waals surface area (Å²) in [4.78, 5) is 25.6. The van der Waals surface area contributed by atoms with Gasteiger partial charge in [0, 0.05) is 25.0 Å². The van der Waals surface area contributed by atoms with Gasteiger partial charge in [0.25, 0.3) is 0 Å². The van der Waals surface area contributed by atoms with Crippen LogP contribution in [0.3, 0.4) is 0 Å². The predicted octanol–water partition coefficient (Wildman–Crippen LogP) is 2.60. The van der Waals surface area contributed by atoms with Gasteiger partial charge in [0.05, 0.1) is 0 Å². The Morgan fingerprint density at radius 2 is 2.10 bits per heavy atom. The number of likely N-dealkylation sites (N-methyl/N-ethyl adjacent to an activating group) is 1. The van der Waals surface area contributed by atoms with E-state index in [1.807, 2.05) is 25.1 Å². The molecule has 0 aliphatic heterocycles. The number of carbonyl (C=O) groups is 2. The monoisotopic (exact) mass is 296 g/mol. The second kappa shape index (κ2) is 7.90. The number of amides is 2. The first-order valence-electron chi connectivity index (χ1n) is 6.75. The molecule has 0 saturated heterocycles. The molecule has 0 heterocycles. The van der Waals surface area contributed by atoms with Crippen LogP contribution in [-0.4, -0.2) is 29.8 Å². The number of hydrogen-bond donors (Lipinski definition) is 1. The highest BCUT2D eigenvalue weighted by Gasteiger charge is 2.24. The summed E-state index contributed by atoms with van der Waals surface area (Å²) in [5.41, 5.74) is 0.915. The van der Waals surface area contributed by atoms with Crippen LogP contribution in [0.4, 0.5) is 0 Å². The summed E-state index contributed by atoms with van der Waals surface area (Å²) < 4.78 is 0. The van der Waals surface area contributed by atoms with Crippen molar-refractivity contribution in [3.05, 3.63) is 34.9 Å². The molecule has 2 amide bonds.